The van der Waals surface area contributed by atoms with Crippen LogP contribution in [-0.4, -0.2) is 10.9 Å². The molecule has 0 bridgehead atoms. The Labute approximate surface area is 118 Å². The maximum Gasteiger partial charge on any atom is 0.274 e. The number of aryl methyl sites for hydroxylation is 1. The predicted octanol–water partition coefficient (Wildman–Crippen LogP) is 3.13. The van der Waals surface area contributed by atoms with Crippen LogP contribution in [0.5, 0.6) is 0 Å². The number of halogens is 2. The molecule has 3 N–H and O–H groups in total. The van der Waals surface area contributed by atoms with Gasteiger partial charge in [-0.15, -0.1) is 0 Å². The number of anilines is 2. The van der Waals surface area contributed by atoms with Crippen LogP contribution in [0.4, 0.5) is 15.9 Å². The third kappa shape index (κ3) is 3.08. The lowest BCUT2D eigenvalue weighted by molar-refractivity contribution is 0.102. The molecule has 1 amide bonds. The highest BCUT2D eigenvalue weighted by atomic mass is 79.9. The van der Waals surface area contributed by atoms with Gasteiger partial charge in [0.25, 0.3) is 5.91 Å². The Hall–Kier alpha value is -1.95. The first kappa shape index (κ1) is 13.5. The van der Waals surface area contributed by atoms with Crippen LogP contribution in [-0.2, 0) is 0 Å². The summed E-state index contributed by atoms with van der Waals surface area (Å²) in [4.78, 5) is 15.9. The molecule has 6 heteroatoms. The van der Waals surface area contributed by atoms with E-state index in [1.165, 1.54) is 12.1 Å². The van der Waals surface area contributed by atoms with E-state index >= 15 is 0 Å². The minimum atomic E-state index is -0.395. The fourth-order valence-corrected chi connectivity index (χ4v) is 1.89. The van der Waals surface area contributed by atoms with E-state index in [1.54, 1.807) is 25.1 Å². The van der Waals surface area contributed by atoms with Gasteiger partial charge in [-0.3, -0.25) is 4.79 Å². The second-order valence-corrected chi connectivity index (χ2v) is 4.84. The summed E-state index contributed by atoms with van der Waals surface area (Å²) in [6.07, 6.45) is 0. The second kappa shape index (κ2) is 5.36. The molecule has 1 aromatic heterocycles. The summed E-state index contributed by atoms with van der Waals surface area (Å²) in [5.41, 5.74) is 6.86. The first-order valence-electron chi connectivity index (χ1n) is 5.47. The molecular weight excluding hydrogens is 313 g/mol. The van der Waals surface area contributed by atoms with Gasteiger partial charge in [-0.05, 0) is 52.7 Å². The number of carbonyl (C=O) groups excluding carboxylic acids is 1. The van der Waals surface area contributed by atoms with Crippen molar-refractivity contribution in [2.45, 2.75) is 6.92 Å². The number of amides is 1. The van der Waals surface area contributed by atoms with E-state index in [1.807, 2.05) is 0 Å². The molecule has 0 atom stereocenters. The van der Waals surface area contributed by atoms with Crippen LogP contribution in [0.15, 0.2) is 34.8 Å². The third-order valence-corrected chi connectivity index (χ3v) is 3.13. The number of hydrogen-bond acceptors (Lipinski definition) is 3. The number of rotatable bonds is 2. The van der Waals surface area contributed by atoms with Gasteiger partial charge in [0.2, 0.25) is 0 Å². The van der Waals surface area contributed by atoms with E-state index in [4.69, 9.17) is 5.73 Å². The predicted molar refractivity (Wildman–Crippen MR) is 75.4 cm³/mol. The van der Waals surface area contributed by atoms with Gasteiger partial charge >= 0.3 is 0 Å². The highest BCUT2D eigenvalue weighted by Crippen LogP contribution is 2.24. The summed E-state index contributed by atoms with van der Waals surface area (Å²) >= 11 is 3.08. The number of aromatic nitrogens is 1. The van der Waals surface area contributed by atoms with Gasteiger partial charge in [-0.1, -0.05) is 6.07 Å². The standard InChI is InChI=1S/C13H11BrFN3O/c1-7-5-9(15)8(14)6-11(7)18-13(19)10-3-2-4-12(16)17-10/h2-6H,1H3,(H2,16,17)(H,18,19). The summed E-state index contributed by atoms with van der Waals surface area (Å²) in [6, 6.07) is 7.64. The molecule has 19 heavy (non-hydrogen) atoms. The lowest BCUT2D eigenvalue weighted by atomic mass is 10.2. The molecule has 2 aromatic rings. The van der Waals surface area contributed by atoms with Crippen molar-refractivity contribution >= 4 is 33.3 Å². The molecular formula is C13H11BrFN3O. The van der Waals surface area contributed by atoms with Crippen molar-refractivity contribution in [3.05, 3.63) is 51.9 Å². The van der Waals surface area contributed by atoms with Gasteiger partial charge in [0.05, 0.1) is 4.47 Å². The van der Waals surface area contributed by atoms with Gasteiger partial charge in [-0.25, -0.2) is 9.37 Å². The molecule has 1 aromatic carbocycles. The van der Waals surface area contributed by atoms with Crippen molar-refractivity contribution in [2.75, 3.05) is 11.1 Å². The zero-order valence-corrected chi connectivity index (χ0v) is 11.7. The quantitative estimate of drug-likeness (QED) is 0.892. The Balaban J connectivity index is 2.27. The zero-order chi connectivity index (χ0) is 14.0. The lowest BCUT2D eigenvalue weighted by Gasteiger charge is -2.09. The average molecular weight is 324 g/mol. The molecule has 1 heterocycles. The molecule has 0 saturated heterocycles. The molecule has 0 aliphatic carbocycles. The van der Waals surface area contributed by atoms with E-state index in [0.717, 1.165) is 0 Å². The number of hydrogen-bond donors (Lipinski definition) is 2. The van der Waals surface area contributed by atoms with E-state index in [2.05, 4.69) is 26.2 Å². The number of nitrogen functional groups attached to an aromatic ring is 1. The highest BCUT2D eigenvalue weighted by Gasteiger charge is 2.11. The van der Waals surface area contributed by atoms with Crippen molar-refractivity contribution < 1.29 is 9.18 Å². The van der Waals surface area contributed by atoms with Gasteiger partial charge in [-0.2, -0.15) is 0 Å². The van der Waals surface area contributed by atoms with E-state index in [0.29, 0.717) is 11.3 Å². The highest BCUT2D eigenvalue weighted by molar-refractivity contribution is 9.10. The first-order valence-corrected chi connectivity index (χ1v) is 6.26. The Morgan fingerprint density at radius 2 is 2.16 bits per heavy atom. The van der Waals surface area contributed by atoms with E-state index in [-0.39, 0.29) is 21.8 Å². The smallest absolute Gasteiger partial charge is 0.274 e. The van der Waals surface area contributed by atoms with Gasteiger partial charge in [0, 0.05) is 5.69 Å². The van der Waals surface area contributed by atoms with Crippen LogP contribution >= 0.6 is 15.9 Å². The van der Waals surface area contributed by atoms with Crippen LogP contribution in [0.2, 0.25) is 0 Å². The summed E-state index contributed by atoms with van der Waals surface area (Å²) in [5.74, 6) is -0.504. The third-order valence-electron chi connectivity index (χ3n) is 2.52. The molecule has 0 spiro atoms. The number of nitrogens with one attached hydrogen (secondary N) is 1. The SMILES string of the molecule is Cc1cc(F)c(Br)cc1NC(=O)c1cccc(N)n1. The molecule has 0 unspecified atom stereocenters. The molecule has 0 fully saturated rings. The normalized spacial score (nSPS) is 10.3. The minimum absolute atomic E-state index is 0.208. The van der Waals surface area contributed by atoms with Gasteiger partial charge < -0.3 is 11.1 Å². The van der Waals surface area contributed by atoms with Gasteiger partial charge in [0.1, 0.15) is 17.3 Å². The molecule has 0 aliphatic rings. The number of benzene rings is 1. The fourth-order valence-electron chi connectivity index (χ4n) is 1.55. The minimum Gasteiger partial charge on any atom is -0.384 e. The Morgan fingerprint density at radius 1 is 1.42 bits per heavy atom. The van der Waals surface area contributed by atoms with Crippen LogP contribution in [0.3, 0.4) is 0 Å². The fraction of sp³-hybridized carbons (Fsp3) is 0.0769. The van der Waals surface area contributed by atoms with Crippen molar-refractivity contribution in [3.8, 4) is 0 Å². The largest absolute Gasteiger partial charge is 0.384 e. The van der Waals surface area contributed by atoms with E-state index in [9.17, 15) is 9.18 Å². The van der Waals surface area contributed by atoms with Crippen LogP contribution < -0.4 is 11.1 Å². The zero-order valence-electron chi connectivity index (χ0n) is 10.1. The maximum atomic E-state index is 13.3. The maximum absolute atomic E-state index is 13.3. The average Bonchev–Trinajstić information content (AvgIpc) is 2.36. The number of carbonyl (C=O) groups is 1. The number of pyridine rings is 1. The molecule has 0 aliphatic heterocycles. The summed E-state index contributed by atoms with van der Waals surface area (Å²) in [5, 5.41) is 2.67. The summed E-state index contributed by atoms with van der Waals surface area (Å²) in [7, 11) is 0. The summed E-state index contributed by atoms with van der Waals surface area (Å²) < 4.78 is 13.6. The Kier molecular flexibility index (Phi) is 3.80. The van der Waals surface area contributed by atoms with Gasteiger partial charge in [0.15, 0.2) is 0 Å². The van der Waals surface area contributed by atoms with Crippen molar-refractivity contribution in [1.82, 2.24) is 4.98 Å². The van der Waals surface area contributed by atoms with Crippen molar-refractivity contribution in [2.24, 2.45) is 0 Å². The molecule has 0 radical (unpaired) electrons. The van der Waals surface area contributed by atoms with Crippen LogP contribution in [0, 0.1) is 12.7 Å². The lowest BCUT2D eigenvalue weighted by Crippen LogP contribution is -2.15. The Morgan fingerprint density at radius 3 is 2.84 bits per heavy atom. The number of nitrogens with two attached hydrogens (primary N) is 1. The van der Waals surface area contributed by atoms with E-state index < -0.39 is 5.91 Å². The monoisotopic (exact) mass is 323 g/mol. The topological polar surface area (TPSA) is 68.0 Å². The molecule has 0 saturated carbocycles. The van der Waals surface area contributed by atoms with Crippen LogP contribution in [0.25, 0.3) is 0 Å². The van der Waals surface area contributed by atoms with Crippen molar-refractivity contribution in [1.29, 1.82) is 0 Å². The molecule has 4 nitrogen and oxygen atoms in total. The van der Waals surface area contributed by atoms with Crippen molar-refractivity contribution in [3.63, 3.8) is 0 Å². The molecule has 98 valence electrons. The molecule has 2 rings (SSSR count). The first-order chi connectivity index (χ1) is 8.97. The summed E-state index contributed by atoms with van der Waals surface area (Å²) in [6.45, 7) is 1.71. The van der Waals surface area contributed by atoms with Crippen LogP contribution in [0.1, 0.15) is 16.1 Å². The Bertz CT molecular complexity index is 646. The number of nitrogens with zero attached hydrogens (tertiary/aromatic N) is 1. The second-order valence-electron chi connectivity index (χ2n) is 3.98.